The summed E-state index contributed by atoms with van der Waals surface area (Å²) in [4.78, 5) is 21.1. The van der Waals surface area contributed by atoms with Crippen molar-refractivity contribution in [1.82, 2.24) is 29.3 Å². The average molecular weight is 385 g/mol. The van der Waals surface area contributed by atoms with Crippen molar-refractivity contribution in [3.8, 4) is 22.6 Å². The van der Waals surface area contributed by atoms with Crippen LogP contribution in [0.4, 0.5) is 5.69 Å². The molecule has 1 fully saturated rings. The number of nitrogens with zero attached hydrogens (tertiary/aromatic N) is 6. The number of pyridine rings is 1. The molecule has 1 amide bonds. The molecule has 29 heavy (non-hydrogen) atoms. The second kappa shape index (κ2) is 6.97. The van der Waals surface area contributed by atoms with Crippen LogP contribution in [0.5, 0.6) is 0 Å². The number of rotatable bonds is 5. The number of carbonyl (C=O) groups excluding carboxylic acids is 1. The summed E-state index contributed by atoms with van der Waals surface area (Å²) in [6, 6.07) is 11.7. The Balaban J connectivity index is 1.39. The zero-order valence-electron chi connectivity index (χ0n) is 15.9. The summed E-state index contributed by atoms with van der Waals surface area (Å²) >= 11 is 0. The van der Waals surface area contributed by atoms with Crippen molar-refractivity contribution < 1.29 is 4.79 Å². The van der Waals surface area contributed by atoms with E-state index in [9.17, 15) is 4.79 Å². The Kier molecular flexibility index (Phi) is 4.16. The van der Waals surface area contributed by atoms with E-state index in [1.165, 1.54) is 0 Å². The Morgan fingerprint density at radius 2 is 2.03 bits per heavy atom. The van der Waals surface area contributed by atoms with Crippen LogP contribution < -0.4 is 5.32 Å². The quantitative estimate of drug-likeness (QED) is 0.569. The lowest BCUT2D eigenvalue weighted by atomic mass is 10.1. The molecule has 144 valence electrons. The average Bonchev–Trinajstić information content (AvgIpc) is 3.30. The number of imidazole rings is 1. The highest BCUT2D eigenvalue weighted by Crippen LogP contribution is 2.37. The van der Waals surface area contributed by atoms with Crippen LogP contribution in [-0.2, 0) is 7.05 Å². The van der Waals surface area contributed by atoms with Gasteiger partial charge in [-0.25, -0.2) is 4.98 Å². The summed E-state index contributed by atoms with van der Waals surface area (Å²) in [6.45, 7) is 0. The molecule has 4 aromatic rings. The largest absolute Gasteiger partial charge is 0.334 e. The van der Waals surface area contributed by atoms with Gasteiger partial charge in [0.15, 0.2) is 5.82 Å². The number of aromatic nitrogens is 6. The number of aryl methyl sites for hydroxylation is 1. The summed E-state index contributed by atoms with van der Waals surface area (Å²) < 4.78 is 4.00. The van der Waals surface area contributed by atoms with Crippen molar-refractivity contribution in [1.29, 1.82) is 0 Å². The minimum Gasteiger partial charge on any atom is -0.334 e. The van der Waals surface area contributed by atoms with E-state index in [2.05, 4.69) is 30.0 Å². The molecule has 8 nitrogen and oxygen atoms in total. The van der Waals surface area contributed by atoms with Gasteiger partial charge in [0.1, 0.15) is 12.0 Å². The fourth-order valence-electron chi connectivity index (χ4n) is 3.35. The normalized spacial score (nSPS) is 13.4. The molecule has 0 aliphatic heterocycles. The van der Waals surface area contributed by atoms with Crippen LogP contribution in [0.1, 0.15) is 29.4 Å². The number of hydrogen-bond acceptors (Lipinski definition) is 5. The molecule has 0 bridgehead atoms. The maximum absolute atomic E-state index is 12.8. The fourth-order valence-corrected chi connectivity index (χ4v) is 3.35. The van der Waals surface area contributed by atoms with Crippen LogP contribution in [0, 0.1) is 0 Å². The predicted octanol–water partition coefficient (Wildman–Crippen LogP) is 3.33. The Labute approximate surface area is 167 Å². The smallest absolute Gasteiger partial charge is 0.274 e. The summed E-state index contributed by atoms with van der Waals surface area (Å²) in [5.41, 5.74) is 3.75. The highest BCUT2D eigenvalue weighted by molar-refractivity contribution is 6.03. The molecule has 0 radical (unpaired) electrons. The van der Waals surface area contributed by atoms with E-state index in [1.807, 2.05) is 41.9 Å². The monoisotopic (exact) mass is 385 g/mol. The number of amides is 1. The molecule has 5 rings (SSSR count). The van der Waals surface area contributed by atoms with Gasteiger partial charge in [-0.3, -0.25) is 9.78 Å². The summed E-state index contributed by atoms with van der Waals surface area (Å²) in [5, 5.41) is 11.2. The lowest BCUT2D eigenvalue weighted by Gasteiger charge is -2.09. The third-order valence-corrected chi connectivity index (χ3v) is 5.00. The van der Waals surface area contributed by atoms with E-state index in [0.29, 0.717) is 17.4 Å². The molecule has 0 unspecified atom stereocenters. The van der Waals surface area contributed by atoms with Crippen molar-refractivity contribution in [2.45, 2.75) is 18.9 Å². The van der Waals surface area contributed by atoms with Gasteiger partial charge in [0, 0.05) is 36.1 Å². The molecule has 0 spiro atoms. The van der Waals surface area contributed by atoms with Gasteiger partial charge < -0.3 is 14.5 Å². The Morgan fingerprint density at radius 3 is 2.83 bits per heavy atom. The number of nitrogens with one attached hydrogen (secondary N) is 1. The van der Waals surface area contributed by atoms with E-state index in [4.69, 9.17) is 0 Å². The van der Waals surface area contributed by atoms with Crippen LogP contribution in [-0.4, -0.2) is 35.2 Å². The SMILES string of the molecule is Cn1cncc1-c1ccnc(C(=O)Nc2cccc(-c3nncn3C3CC3)c2)c1. The topological polar surface area (TPSA) is 90.5 Å². The van der Waals surface area contributed by atoms with E-state index in [0.717, 1.165) is 35.5 Å². The van der Waals surface area contributed by atoms with Gasteiger partial charge in [-0.1, -0.05) is 12.1 Å². The van der Waals surface area contributed by atoms with Gasteiger partial charge in [0.2, 0.25) is 0 Å². The molecule has 1 aliphatic carbocycles. The third-order valence-electron chi connectivity index (χ3n) is 5.00. The molecule has 8 heteroatoms. The number of carbonyl (C=O) groups is 1. The van der Waals surface area contributed by atoms with Crippen molar-refractivity contribution in [2.24, 2.45) is 7.05 Å². The zero-order valence-corrected chi connectivity index (χ0v) is 15.9. The summed E-state index contributed by atoms with van der Waals surface area (Å²) in [5.74, 6) is 0.551. The molecule has 3 heterocycles. The number of benzene rings is 1. The second-order valence-electron chi connectivity index (χ2n) is 7.15. The lowest BCUT2D eigenvalue weighted by Crippen LogP contribution is -2.13. The maximum Gasteiger partial charge on any atom is 0.274 e. The van der Waals surface area contributed by atoms with Gasteiger partial charge in [0.05, 0.1) is 18.2 Å². The second-order valence-corrected chi connectivity index (χ2v) is 7.15. The first kappa shape index (κ1) is 17.3. The summed E-state index contributed by atoms with van der Waals surface area (Å²) in [6.07, 6.45) is 9.19. The van der Waals surface area contributed by atoms with Gasteiger partial charge in [-0.2, -0.15) is 0 Å². The zero-order chi connectivity index (χ0) is 19.8. The van der Waals surface area contributed by atoms with Crippen LogP contribution >= 0.6 is 0 Å². The maximum atomic E-state index is 12.8. The molecule has 1 saturated carbocycles. The van der Waals surface area contributed by atoms with Crippen LogP contribution in [0.3, 0.4) is 0 Å². The number of hydrogen-bond donors (Lipinski definition) is 1. The highest BCUT2D eigenvalue weighted by atomic mass is 16.1. The fraction of sp³-hybridized carbons (Fsp3) is 0.190. The standard InChI is InChI=1S/C21H19N7O/c1-27-12-22-11-19(27)14-7-8-23-18(10-14)21(29)25-16-4-2-3-15(9-16)20-26-24-13-28(20)17-5-6-17/h2-4,7-13,17H,5-6H2,1H3,(H,25,29). The Bertz CT molecular complexity index is 1190. The molecule has 0 atom stereocenters. The van der Waals surface area contributed by atoms with Gasteiger partial charge in [0.25, 0.3) is 5.91 Å². The van der Waals surface area contributed by atoms with Crippen molar-refractivity contribution in [2.75, 3.05) is 5.32 Å². The Morgan fingerprint density at radius 1 is 1.14 bits per heavy atom. The van der Waals surface area contributed by atoms with Gasteiger partial charge in [-0.05, 0) is 37.1 Å². The first-order chi connectivity index (χ1) is 14.2. The predicted molar refractivity (Wildman–Crippen MR) is 108 cm³/mol. The van der Waals surface area contributed by atoms with Crippen molar-refractivity contribution in [3.63, 3.8) is 0 Å². The number of anilines is 1. The summed E-state index contributed by atoms with van der Waals surface area (Å²) in [7, 11) is 1.91. The molecule has 3 aromatic heterocycles. The molecule has 1 aromatic carbocycles. The molecule has 1 aliphatic rings. The van der Waals surface area contributed by atoms with Crippen molar-refractivity contribution >= 4 is 11.6 Å². The van der Waals surface area contributed by atoms with E-state index < -0.39 is 0 Å². The van der Waals surface area contributed by atoms with E-state index in [1.54, 1.807) is 31.1 Å². The van der Waals surface area contributed by atoms with Gasteiger partial charge >= 0.3 is 0 Å². The van der Waals surface area contributed by atoms with Crippen LogP contribution in [0.2, 0.25) is 0 Å². The van der Waals surface area contributed by atoms with E-state index in [-0.39, 0.29) is 5.91 Å². The molecular formula is C21H19N7O. The Hall–Kier alpha value is -3.81. The lowest BCUT2D eigenvalue weighted by molar-refractivity contribution is 0.102. The first-order valence-corrected chi connectivity index (χ1v) is 9.43. The van der Waals surface area contributed by atoms with Crippen LogP contribution in [0.15, 0.2) is 61.4 Å². The molecular weight excluding hydrogens is 366 g/mol. The minimum absolute atomic E-state index is 0.269. The van der Waals surface area contributed by atoms with Gasteiger partial charge in [-0.15, -0.1) is 10.2 Å². The third kappa shape index (κ3) is 3.40. The molecule has 0 saturated heterocycles. The van der Waals surface area contributed by atoms with Crippen molar-refractivity contribution in [3.05, 3.63) is 67.1 Å². The highest BCUT2D eigenvalue weighted by Gasteiger charge is 2.26. The van der Waals surface area contributed by atoms with Crippen LogP contribution in [0.25, 0.3) is 22.6 Å². The molecule has 1 N–H and O–H groups in total. The minimum atomic E-state index is -0.269. The first-order valence-electron chi connectivity index (χ1n) is 9.43. The van der Waals surface area contributed by atoms with E-state index >= 15 is 0 Å².